The third-order valence-corrected chi connectivity index (χ3v) is 3.68. The van der Waals surface area contributed by atoms with Crippen LogP contribution in [0.4, 0.5) is 5.69 Å². The van der Waals surface area contributed by atoms with Crippen molar-refractivity contribution in [1.82, 2.24) is 4.57 Å². The number of aryl methyl sites for hydroxylation is 1. The van der Waals surface area contributed by atoms with Crippen LogP contribution in [0, 0.1) is 0 Å². The van der Waals surface area contributed by atoms with Gasteiger partial charge in [-0.25, -0.2) is 0 Å². The molecule has 3 rings (SSSR count). The predicted molar refractivity (Wildman–Crippen MR) is 96.0 cm³/mol. The third kappa shape index (κ3) is 4.57. The molecule has 0 fully saturated rings. The summed E-state index contributed by atoms with van der Waals surface area (Å²) >= 11 is 0. The lowest BCUT2D eigenvalue weighted by Gasteiger charge is -2.09. The summed E-state index contributed by atoms with van der Waals surface area (Å²) in [4.78, 5) is 22.9. The number of para-hydroxylation sites is 1. The first-order chi connectivity index (χ1) is 12.2. The number of ether oxygens (including phenoxy) is 1. The van der Waals surface area contributed by atoms with Gasteiger partial charge in [0.1, 0.15) is 11.5 Å². The Morgan fingerprint density at radius 1 is 0.960 bits per heavy atom. The molecule has 3 aromatic rings. The molecule has 0 saturated carbocycles. The number of nitrogens with one attached hydrogen (secondary N) is 1. The van der Waals surface area contributed by atoms with Gasteiger partial charge in [-0.05, 0) is 48.5 Å². The van der Waals surface area contributed by atoms with Crippen molar-refractivity contribution in [2.75, 3.05) is 5.32 Å². The number of rotatable bonds is 7. The number of carbonyl (C=O) groups excluding carboxylic acids is 2. The number of aldehydes is 1. The average molecular weight is 334 g/mol. The Labute approximate surface area is 145 Å². The van der Waals surface area contributed by atoms with Crippen LogP contribution >= 0.6 is 0 Å². The molecule has 0 atom stereocenters. The summed E-state index contributed by atoms with van der Waals surface area (Å²) in [5, 5.41) is 2.84. The summed E-state index contributed by atoms with van der Waals surface area (Å²) in [6.07, 6.45) is 2.86. The molecule has 1 amide bonds. The van der Waals surface area contributed by atoms with Crippen molar-refractivity contribution in [3.8, 4) is 11.5 Å². The predicted octanol–water partition coefficient (Wildman–Crippen LogP) is 4.12. The molecule has 0 radical (unpaired) electrons. The number of aromatic nitrogens is 1. The first kappa shape index (κ1) is 16.5. The number of carbonyl (C=O) groups is 2. The van der Waals surface area contributed by atoms with Crippen LogP contribution in [0.15, 0.2) is 72.9 Å². The van der Waals surface area contributed by atoms with Gasteiger partial charge in [-0.15, -0.1) is 0 Å². The fourth-order valence-corrected chi connectivity index (χ4v) is 2.41. The van der Waals surface area contributed by atoms with Crippen LogP contribution in [-0.2, 0) is 11.3 Å². The Kier molecular flexibility index (Phi) is 5.26. The van der Waals surface area contributed by atoms with E-state index in [0.29, 0.717) is 23.7 Å². The van der Waals surface area contributed by atoms with E-state index in [0.717, 1.165) is 12.0 Å². The maximum atomic E-state index is 12.0. The number of benzene rings is 2. The standard InChI is InChI=1S/C20H18N2O3/c23-15-17-5-4-13-22(17)14-12-20(24)21-16-8-10-19(11-9-16)25-18-6-2-1-3-7-18/h1-11,13,15H,12,14H2,(H,21,24). The minimum Gasteiger partial charge on any atom is -0.457 e. The zero-order chi connectivity index (χ0) is 17.5. The maximum absolute atomic E-state index is 12.0. The molecule has 0 aliphatic heterocycles. The molecular weight excluding hydrogens is 316 g/mol. The highest BCUT2D eigenvalue weighted by Gasteiger charge is 2.05. The van der Waals surface area contributed by atoms with Crippen molar-refractivity contribution in [3.05, 3.63) is 78.6 Å². The normalized spacial score (nSPS) is 10.2. The fourth-order valence-electron chi connectivity index (χ4n) is 2.41. The van der Waals surface area contributed by atoms with E-state index in [9.17, 15) is 9.59 Å². The van der Waals surface area contributed by atoms with Gasteiger partial charge in [0.15, 0.2) is 6.29 Å². The van der Waals surface area contributed by atoms with Gasteiger partial charge < -0.3 is 14.6 Å². The van der Waals surface area contributed by atoms with E-state index < -0.39 is 0 Å². The Morgan fingerprint density at radius 2 is 1.68 bits per heavy atom. The van der Waals surface area contributed by atoms with E-state index in [-0.39, 0.29) is 12.3 Å². The van der Waals surface area contributed by atoms with Gasteiger partial charge in [-0.3, -0.25) is 9.59 Å². The molecule has 0 saturated heterocycles. The SMILES string of the molecule is O=Cc1cccn1CCC(=O)Nc1ccc(Oc2ccccc2)cc1. The molecule has 0 unspecified atom stereocenters. The van der Waals surface area contributed by atoms with E-state index in [1.54, 1.807) is 47.2 Å². The largest absolute Gasteiger partial charge is 0.457 e. The highest BCUT2D eigenvalue weighted by atomic mass is 16.5. The average Bonchev–Trinajstić information content (AvgIpc) is 3.10. The maximum Gasteiger partial charge on any atom is 0.226 e. The number of amides is 1. The number of hydrogen-bond acceptors (Lipinski definition) is 3. The zero-order valence-electron chi connectivity index (χ0n) is 13.6. The van der Waals surface area contributed by atoms with Gasteiger partial charge in [0.05, 0.1) is 5.69 Å². The monoisotopic (exact) mass is 334 g/mol. The first-order valence-electron chi connectivity index (χ1n) is 7.98. The minimum atomic E-state index is -0.109. The molecule has 0 spiro atoms. The smallest absolute Gasteiger partial charge is 0.226 e. The van der Waals surface area contributed by atoms with Gasteiger partial charge in [-0.2, -0.15) is 0 Å². The molecule has 25 heavy (non-hydrogen) atoms. The van der Waals surface area contributed by atoms with Gasteiger partial charge in [-0.1, -0.05) is 18.2 Å². The van der Waals surface area contributed by atoms with Gasteiger partial charge in [0.25, 0.3) is 0 Å². The fraction of sp³-hybridized carbons (Fsp3) is 0.100. The van der Waals surface area contributed by atoms with Crippen LogP contribution in [-0.4, -0.2) is 16.8 Å². The summed E-state index contributed by atoms with van der Waals surface area (Å²) in [5.74, 6) is 1.35. The second kappa shape index (κ2) is 7.97. The van der Waals surface area contributed by atoms with Crippen LogP contribution in [0.25, 0.3) is 0 Å². The lowest BCUT2D eigenvalue weighted by Crippen LogP contribution is -2.15. The van der Waals surface area contributed by atoms with E-state index in [4.69, 9.17) is 4.74 Å². The number of hydrogen-bond donors (Lipinski definition) is 1. The summed E-state index contributed by atoms with van der Waals surface area (Å²) in [5.41, 5.74) is 1.27. The molecule has 1 heterocycles. The Bertz CT molecular complexity index is 839. The lowest BCUT2D eigenvalue weighted by molar-refractivity contribution is -0.116. The highest BCUT2D eigenvalue weighted by molar-refractivity contribution is 5.90. The van der Waals surface area contributed by atoms with Gasteiger partial charge in [0, 0.05) is 24.8 Å². The van der Waals surface area contributed by atoms with Crippen molar-refractivity contribution in [1.29, 1.82) is 0 Å². The van der Waals surface area contributed by atoms with Gasteiger partial charge >= 0.3 is 0 Å². The zero-order valence-corrected chi connectivity index (χ0v) is 13.6. The summed E-state index contributed by atoms with van der Waals surface area (Å²) < 4.78 is 7.46. The van der Waals surface area contributed by atoms with Crippen molar-refractivity contribution in [3.63, 3.8) is 0 Å². The van der Waals surface area contributed by atoms with Crippen molar-refractivity contribution >= 4 is 17.9 Å². The second-order valence-electron chi connectivity index (χ2n) is 5.48. The molecule has 126 valence electrons. The second-order valence-corrected chi connectivity index (χ2v) is 5.48. The van der Waals surface area contributed by atoms with Crippen LogP contribution in [0.5, 0.6) is 11.5 Å². The van der Waals surface area contributed by atoms with Gasteiger partial charge in [0.2, 0.25) is 5.91 Å². The molecule has 2 aromatic carbocycles. The van der Waals surface area contributed by atoms with Crippen LogP contribution in [0.2, 0.25) is 0 Å². The highest BCUT2D eigenvalue weighted by Crippen LogP contribution is 2.22. The van der Waals surface area contributed by atoms with Crippen molar-refractivity contribution in [2.45, 2.75) is 13.0 Å². The minimum absolute atomic E-state index is 0.109. The topological polar surface area (TPSA) is 60.3 Å². The van der Waals surface area contributed by atoms with E-state index in [1.807, 2.05) is 30.3 Å². The Balaban J connectivity index is 1.52. The summed E-state index contributed by atoms with van der Waals surface area (Å²) in [7, 11) is 0. The molecule has 1 N–H and O–H groups in total. The quantitative estimate of drug-likeness (QED) is 0.661. The Morgan fingerprint density at radius 3 is 2.40 bits per heavy atom. The Hall–Kier alpha value is -3.34. The lowest BCUT2D eigenvalue weighted by atomic mass is 10.3. The molecular formula is C20H18N2O3. The molecule has 0 aliphatic carbocycles. The van der Waals surface area contributed by atoms with Crippen LogP contribution < -0.4 is 10.1 Å². The van der Waals surface area contributed by atoms with E-state index >= 15 is 0 Å². The molecule has 0 bridgehead atoms. The molecule has 1 aromatic heterocycles. The van der Waals surface area contributed by atoms with E-state index in [1.165, 1.54) is 0 Å². The van der Waals surface area contributed by atoms with Crippen LogP contribution in [0.3, 0.4) is 0 Å². The number of nitrogens with zero attached hydrogens (tertiary/aromatic N) is 1. The van der Waals surface area contributed by atoms with E-state index in [2.05, 4.69) is 5.32 Å². The van der Waals surface area contributed by atoms with Crippen LogP contribution in [0.1, 0.15) is 16.9 Å². The molecule has 0 aliphatic rings. The first-order valence-corrected chi connectivity index (χ1v) is 7.98. The van der Waals surface area contributed by atoms with Crippen molar-refractivity contribution < 1.29 is 14.3 Å². The summed E-state index contributed by atoms with van der Waals surface area (Å²) in [6.45, 7) is 0.460. The van der Waals surface area contributed by atoms with Crippen molar-refractivity contribution in [2.24, 2.45) is 0 Å². The molecule has 5 heteroatoms. The molecule has 5 nitrogen and oxygen atoms in total. The number of anilines is 1. The summed E-state index contributed by atoms with van der Waals surface area (Å²) in [6, 6.07) is 20.2. The third-order valence-electron chi connectivity index (χ3n) is 3.68.